The van der Waals surface area contributed by atoms with E-state index in [4.69, 9.17) is 4.74 Å². The Morgan fingerprint density at radius 3 is 2.57 bits per heavy atom. The van der Waals surface area contributed by atoms with E-state index in [0.717, 1.165) is 22.0 Å². The normalized spacial score (nSPS) is 17.4. The Labute approximate surface area is 164 Å². The number of aliphatic hydroxyl groups is 1. The Bertz CT molecular complexity index is 958. The Morgan fingerprint density at radius 1 is 1.14 bits per heavy atom. The van der Waals surface area contributed by atoms with Gasteiger partial charge in [-0.05, 0) is 24.5 Å². The van der Waals surface area contributed by atoms with Gasteiger partial charge in [0.25, 0.3) is 0 Å². The molecule has 5 heteroatoms. The van der Waals surface area contributed by atoms with Gasteiger partial charge in [-0.1, -0.05) is 48.5 Å². The van der Waals surface area contributed by atoms with Gasteiger partial charge in [-0.2, -0.15) is 0 Å². The molecule has 0 bridgehead atoms. The van der Waals surface area contributed by atoms with Crippen molar-refractivity contribution in [2.45, 2.75) is 24.4 Å². The van der Waals surface area contributed by atoms with E-state index < -0.39 is 11.5 Å². The first-order valence-electron chi connectivity index (χ1n) is 9.75. The molecular formula is C23H26N2O3. The van der Waals surface area contributed by atoms with Crippen LogP contribution in [0.1, 0.15) is 30.1 Å². The first-order valence-corrected chi connectivity index (χ1v) is 9.75. The number of fused-ring (bicyclic) bond motifs is 1. The minimum Gasteiger partial charge on any atom is -0.386 e. The van der Waals surface area contributed by atoms with Crippen LogP contribution in [0.5, 0.6) is 0 Å². The summed E-state index contributed by atoms with van der Waals surface area (Å²) in [4.78, 5) is 13.2. The number of carbonyl (C=O) groups excluding carboxylic acids is 1. The molecule has 0 saturated carbocycles. The third kappa shape index (κ3) is 3.32. The second-order valence-corrected chi connectivity index (χ2v) is 7.50. The number of para-hydroxylation sites is 1. The molecule has 1 atom stereocenters. The van der Waals surface area contributed by atoms with Crippen molar-refractivity contribution in [3.8, 4) is 0 Å². The van der Waals surface area contributed by atoms with Crippen LogP contribution in [0.15, 0.2) is 60.8 Å². The number of nitrogens with zero attached hydrogens (tertiary/aromatic N) is 1. The zero-order chi connectivity index (χ0) is 19.6. The third-order valence-corrected chi connectivity index (χ3v) is 5.85. The third-order valence-electron chi connectivity index (χ3n) is 5.85. The topological polar surface area (TPSA) is 63.5 Å². The quantitative estimate of drug-likeness (QED) is 0.717. The maximum atomic E-state index is 13.2. The number of benzene rings is 2. The molecule has 2 N–H and O–H groups in total. The molecule has 1 aliphatic rings. The Hall–Kier alpha value is -2.63. The predicted octanol–water partition coefficient (Wildman–Crippen LogP) is 3.08. The molecule has 1 aromatic heterocycles. The van der Waals surface area contributed by atoms with E-state index in [0.29, 0.717) is 26.1 Å². The first kappa shape index (κ1) is 18.7. The van der Waals surface area contributed by atoms with Gasteiger partial charge in [-0.15, -0.1) is 0 Å². The maximum absolute atomic E-state index is 13.2. The highest BCUT2D eigenvalue weighted by atomic mass is 16.5. The molecule has 4 rings (SSSR count). The molecular weight excluding hydrogens is 352 g/mol. The summed E-state index contributed by atoms with van der Waals surface area (Å²) in [6.45, 7) is 1.31. The van der Waals surface area contributed by atoms with Crippen LogP contribution >= 0.6 is 0 Å². The average Bonchev–Trinajstić information content (AvgIpc) is 3.10. The summed E-state index contributed by atoms with van der Waals surface area (Å²) < 4.78 is 7.51. The predicted molar refractivity (Wildman–Crippen MR) is 109 cm³/mol. The van der Waals surface area contributed by atoms with Crippen LogP contribution in [0.2, 0.25) is 0 Å². The molecule has 1 unspecified atom stereocenters. The van der Waals surface area contributed by atoms with Crippen molar-refractivity contribution in [3.63, 3.8) is 0 Å². The lowest BCUT2D eigenvalue weighted by Crippen LogP contribution is -2.48. The summed E-state index contributed by atoms with van der Waals surface area (Å²) in [7, 11) is 1.96. The number of aryl methyl sites for hydroxylation is 1. The van der Waals surface area contributed by atoms with Crippen LogP contribution in [0.4, 0.5) is 0 Å². The van der Waals surface area contributed by atoms with Gasteiger partial charge in [0, 0.05) is 49.5 Å². The van der Waals surface area contributed by atoms with Gasteiger partial charge in [0.05, 0.1) is 11.5 Å². The molecule has 5 nitrogen and oxygen atoms in total. The van der Waals surface area contributed by atoms with Gasteiger partial charge in [-0.25, -0.2) is 0 Å². The minimum atomic E-state index is -0.761. The number of hydrogen-bond acceptors (Lipinski definition) is 3. The number of aromatic nitrogens is 1. The Balaban J connectivity index is 1.53. The zero-order valence-electron chi connectivity index (χ0n) is 16.1. The average molecular weight is 378 g/mol. The fraction of sp³-hybridized carbons (Fsp3) is 0.348. The van der Waals surface area contributed by atoms with Crippen molar-refractivity contribution in [2.24, 2.45) is 7.05 Å². The Kier molecular flexibility index (Phi) is 5.20. The number of rotatable bonds is 5. The van der Waals surface area contributed by atoms with Crippen LogP contribution < -0.4 is 5.32 Å². The van der Waals surface area contributed by atoms with Crippen LogP contribution in [-0.2, 0) is 22.0 Å². The van der Waals surface area contributed by atoms with Crippen LogP contribution in [0.3, 0.4) is 0 Å². The van der Waals surface area contributed by atoms with Crippen molar-refractivity contribution in [1.29, 1.82) is 0 Å². The SMILES string of the molecule is Cn1cc(C(O)CNC(=O)C2(c3ccccc3)CCOCC2)c2ccccc21. The highest BCUT2D eigenvalue weighted by Gasteiger charge is 2.41. The van der Waals surface area contributed by atoms with Gasteiger partial charge >= 0.3 is 0 Å². The monoisotopic (exact) mass is 378 g/mol. The number of ether oxygens (including phenoxy) is 1. The minimum absolute atomic E-state index is 0.0405. The van der Waals surface area contributed by atoms with Crippen molar-refractivity contribution in [2.75, 3.05) is 19.8 Å². The highest BCUT2D eigenvalue weighted by Crippen LogP contribution is 2.35. The molecule has 3 aromatic rings. The number of hydrogen-bond donors (Lipinski definition) is 2. The van der Waals surface area contributed by atoms with E-state index in [1.807, 2.05) is 72.4 Å². The van der Waals surface area contributed by atoms with E-state index in [1.54, 1.807) is 0 Å². The molecule has 146 valence electrons. The van der Waals surface area contributed by atoms with Crippen LogP contribution in [0, 0.1) is 0 Å². The standard InChI is InChI=1S/C23H26N2O3/c1-25-16-19(18-9-5-6-10-20(18)25)21(26)15-24-22(27)23(11-13-28-14-12-23)17-7-3-2-4-8-17/h2-10,16,21,26H,11-15H2,1H3,(H,24,27). The molecule has 0 aliphatic carbocycles. The van der Waals surface area contributed by atoms with Gasteiger partial charge in [0.1, 0.15) is 0 Å². The summed E-state index contributed by atoms with van der Waals surface area (Å²) in [5, 5.41) is 14.8. The number of nitrogens with one attached hydrogen (secondary N) is 1. The smallest absolute Gasteiger partial charge is 0.230 e. The van der Waals surface area contributed by atoms with E-state index >= 15 is 0 Å². The van der Waals surface area contributed by atoms with E-state index in [1.165, 1.54) is 0 Å². The highest BCUT2D eigenvalue weighted by molar-refractivity contribution is 5.88. The molecule has 1 saturated heterocycles. The van der Waals surface area contributed by atoms with Gasteiger partial charge < -0.3 is 19.7 Å². The first-order chi connectivity index (χ1) is 13.6. The van der Waals surface area contributed by atoms with E-state index in [2.05, 4.69) is 5.32 Å². The van der Waals surface area contributed by atoms with Gasteiger partial charge in [0.15, 0.2) is 0 Å². The maximum Gasteiger partial charge on any atom is 0.230 e. The molecule has 28 heavy (non-hydrogen) atoms. The van der Waals surface area contributed by atoms with Crippen molar-refractivity contribution in [3.05, 3.63) is 71.9 Å². The second kappa shape index (κ2) is 7.78. The molecule has 0 radical (unpaired) electrons. The molecule has 1 aliphatic heterocycles. The number of aliphatic hydroxyl groups excluding tert-OH is 1. The van der Waals surface area contributed by atoms with Crippen LogP contribution in [0.25, 0.3) is 10.9 Å². The van der Waals surface area contributed by atoms with Gasteiger partial charge in [0.2, 0.25) is 5.91 Å². The lowest BCUT2D eigenvalue weighted by Gasteiger charge is -2.36. The lowest BCUT2D eigenvalue weighted by atomic mass is 9.73. The molecule has 2 heterocycles. The largest absolute Gasteiger partial charge is 0.386 e. The zero-order valence-corrected chi connectivity index (χ0v) is 16.1. The lowest BCUT2D eigenvalue weighted by molar-refractivity contribution is -0.131. The number of carbonyl (C=O) groups is 1. The Morgan fingerprint density at radius 2 is 1.82 bits per heavy atom. The summed E-state index contributed by atoms with van der Waals surface area (Å²) >= 11 is 0. The molecule has 1 fully saturated rings. The van der Waals surface area contributed by atoms with Gasteiger partial charge in [-0.3, -0.25) is 4.79 Å². The molecule has 2 aromatic carbocycles. The number of amides is 1. The summed E-state index contributed by atoms with van der Waals surface area (Å²) in [6, 6.07) is 17.9. The summed E-state index contributed by atoms with van der Waals surface area (Å²) in [5.74, 6) is -0.0405. The summed E-state index contributed by atoms with van der Waals surface area (Å²) in [5.41, 5.74) is 2.31. The fourth-order valence-corrected chi connectivity index (χ4v) is 4.23. The molecule has 0 spiro atoms. The van der Waals surface area contributed by atoms with E-state index in [9.17, 15) is 9.90 Å². The second-order valence-electron chi connectivity index (χ2n) is 7.50. The van der Waals surface area contributed by atoms with Crippen molar-refractivity contribution < 1.29 is 14.6 Å². The van der Waals surface area contributed by atoms with Crippen LogP contribution in [-0.4, -0.2) is 35.3 Å². The van der Waals surface area contributed by atoms with Crippen molar-refractivity contribution in [1.82, 2.24) is 9.88 Å². The summed E-state index contributed by atoms with van der Waals surface area (Å²) in [6.07, 6.45) is 2.46. The fourth-order valence-electron chi connectivity index (χ4n) is 4.23. The van der Waals surface area contributed by atoms with E-state index in [-0.39, 0.29) is 12.5 Å². The van der Waals surface area contributed by atoms with Crippen molar-refractivity contribution >= 4 is 16.8 Å². The molecule has 1 amide bonds.